The largest absolute Gasteiger partial charge is 0.507 e. The number of hydrogen-bond acceptors (Lipinski definition) is 4. The molecule has 2 aromatic carbocycles. The Labute approximate surface area is 160 Å². The van der Waals surface area contributed by atoms with E-state index in [0.29, 0.717) is 16.7 Å². The molecule has 0 radical (unpaired) electrons. The molecule has 0 saturated heterocycles. The summed E-state index contributed by atoms with van der Waals surface area (Å²) < 4.78 is 42.6. The molecule has 2 aromatic rings. The minimum atomic E-state index is -4.39. The number of ether oxygens (including phenoxy) is 1. The lowest BCUT2D eigenvalue weighted by molar-refractivity contribution is -0.144. The smallest absolute Gasteiger partial charge is 0.416 e. The SMILES string of the molecule is CCOC(=O)CCC(=O)/C=C(\O)c1ccc(-c2ccc(C(F)(F)F)cc2)cc1. The summed E-state index contributed by atoms with van der Waals surface area (Å²) in [4.78, 5) is 23.0. The quantitative estimate of drug-likeness (QED) is 0.400. The molecule has 0 spiro atoms. The van der Waals surface area contributed by atoms with Crippen LogP contribution in [0.15, 0.2) is 54.6 Å². The number of allylic oxidation sites excluding steroid dienone is 1. The van der Waals surface area contributed by atoms with Crippen LogP contribution in [0.1, 0.15) is 30.9 Å². The van der Waals surface area contributed by atoms with Crippen LogP contribution >= 0.6 is 0 Å². The van der Waals surface area contributed by atoms with Gasteiger partial charge in [0.05, 0.1) is 18.6 Å². The molecule has 0 unspecified atom stereocenters. The molecular formula is C21H19F3O4. The molecule has 0 aliphatic rings. The molecule has 2 rings (SSSR count). The van der Waals surface area contributed by atoms with Gasteiger partial charge in [-0.2, -0.15) is 13.2 Å². The molecule has 4 nitrogen and oxygen atoms in total. The predicted octanol–water partition coefficient (Wildman–Crippen LogP) is 5.18. The third-order valence-corrected chi connectivity index (χ3v) is 3.90. The average Bonchev–Trinajstić information content (AvgIpc) is 2.66. The minimum Gasteiger partial charge on any atom is -0.507 e. The number of ketones is 1. The summed E-state index contributed by atoms with van der Waals surface area (Å²) in [5, 5.41) is 10.0. The molecular weight excluding hydrogens is 373 g/mol. The summed E-state index contributed by atoms with van der Waals surface area (Å²) in [6.07, 6.45) is -3.50. The van der Waals surface area contributed by atoms with Crippen LogP contribution in [0.2, 0.25) is 0 Å². The fraction of sp³-hybridized carbons (Fsp3) is 0.238. The van der Waals surface area contributed by atoms with E-state index < -0.39 is 23.5 Å². The highest BCUT2D eigenvalue weighted by Gasteiger charge is 2.29. The Morgan fingerprint density at radius 2 is 1.50 bits per heavy atom. The van der Waals surface area contributed by atoms with Crippen molar-refractivity contribution in [2.24, 2.45) is 0 Å². The molecule has 148 valence electrons. The number of esters is 1. The van der Waals surface area contributed by atoms with E-state index in [1.165, 1.54) is 12.1 Å². The maximum absolute atomic E-state index is 12.6. The first kappa shape index (κ1) is 21.2. The van der Waals surface area contributed by atoms with Crippen LogP contribution in [-0.4, -0.2) is 23.5 Å². The third-order valence-electron chi connectivity index (χ3n) is 3.90. The maximum atomic E-state index is 12.6. The van der Waals surface area contributed by atoms with Crippen LogP contribution < -0.4 is 0 Å². The van der Waals surface area contributed by atoms with E-state index in [1.807, 2.05) is 0 Å². The van der Waals surface area contributed by atoms with Crippen LogP contribution in [0.3, 0.4) is 0 Å². The monoisotopic (exact) mass is 392 g/mol. The second-order valence-electron chi connectivity index (χ2n) is 5.95. The number of aliphatic hydroxyl groups excluding tert-OH is 1. The van der Waals surface area contributed by atoms with Crippen LogP contribution in [0, 0.1) is 0 Å². The number of halogens is 3. The fourth-order valence-corrected chi connectivity index (χ4v) is 2.45. The molecule has 0 saturated carbocycles. The molecule has 0 aliphatic carbocycles. The van der Waals surface area contributed by atoms with E-state index in [9.17, 15) is 27.9 Å². The van der Waals surface area contributed by atoms with E-state index in [4.69, 9.17) is 4.74 Å². The van der Waals surface area contributed by atoms with Gasteiger partial charge >= 0.3 is 12.1 Å². The molecule has 0 fully saturated rings. The predicted molar refractivity (Wildman–Crippen MR) is 98.4 cm³/mol. The topological polar surface area (TPSA) is 63.6 Å². The van der Waals surface area contributed by atoms with Crippen LogP contribution in [0.4, 0.5) is 13.2 Å². The molecule has 0 heterocycles. The van der Waals surface area contributed by atoms with Crippen molar-refractivity contribution in [3.05, 3.63) is 65.7 Å². The Kier molecular flexibility index (Phi) is 6.98. The van der Waals surface area contributed by atoms with E-state index in [0.717, 1.165) is 18.2 Å². The van der Waals surface area contributed by atoms with Crippen LogP contribution in [0.25, 0.3) is 16.9 Å². The standard InChI is InChI=1S/C21H19F3O4/c1-2-28-20(27)12-11-18(25)13-19(26)16-5-3-14(4-6-16)15-7-9-17(10-8-15)21(22,23)24/h3-10,13,26H,2,11-12H2,1H3/b19-13-. The zero-order valence-electron chi connectivity index (χ0n) is 15.1. The number of rotatable bonds is 7. The molecule has 0 bridgehead atoms. The van der Waals surface area contributed by atoms with Crippen molar-refractivity contribution in [2.75, 3.05) is 6.61 Å². The summed E-state index contributed by atoms with van der Waals surface area (Å²) in [7, 11) is 0. The van der Waals surface area contributed by atoms with Crippen molar-refractivity contribution in [3.63, 3.8) is 0 Å². The van der Waals surface area contributed by atoms with Crippen molar-refractivity contribution < 1.29 is 32.6 Å². The van der Waals surface area contributed by atoms with E-state index in [1.54, 1.807) is 31.2 Å². The van der Waals surface area contributed by atoms with Crippen molar-refractivity contribution >= 4 is 17.5 Å². The Hall–Kier alpha value is -3.09. The number of alkyl halides is 3. The third kappa shape index (κ3) is 5.97. The molecule has 0 atom stereocenters. The number of carbonyl (C=O) groups excluding carboxylic acids is 2. The molecule has 0 amide bonds. The zero-order valence-corrected chi connectivity index (χ0v) is 15.1. The van der Waals surface area contributed by atoms with Gasteiger partial charge < -0.3 is 9.84 Å². The lowest BCUT2D eigenvalue weighted by Crippen LogP contribution is -2.06. The first-order chi connectivity index (χ1) is 13.2. The molecule has 1 N–H and O–H groups in total. The van der Waals surface area contributed by atoms with Gasteiger partial charge in [0.25, 0.3) is 0 Å². The van der Waals surface area contributed by atoms with Gasteiger partial charge in [-0.3, -0.25) is 9.59 Å². The van der Waals surface area contributed by atoms with Crippen molar-refractivity contribution in [1.82, 2.24) is 0 Å². The normalized spacial score (nSPS) is 11.9. The number of benzene rings is 2. The summed E-state index contributed by atoms with van der Waals surface area (Å²) in [5.74, 6) is -1.16. The second-order valence-corrected chi connectivity index (χ2v) is 5.95. The van der Waals surface area contributed by atoms with Gasteiger partial charge in [0.15, 0.2) is 5.78 Å². The van der Waals surface area contributed by atoms with Crippen molar-refractivity contribution in [2.45, 2.75) is 25.9 Å². The van der Waals surface area contributed by atoms with E-state index >= 15 is 0 Å². The van der Waals surface area contributed by atoms with Crippen molar-refractivity contribution in [1.29, 1.82) is 0 Å². The average molecular weight is 392 g/mol. The molecule has 7 heteroatoms. The highest BCUT2D eigenvalue weighted by Crippen LogP contribution is 2.31. The highest BCUT2D eigenvalue weighted by atomic mass is 19.4. The number of aliphatic hydroxyl groups is 1. The first-order valence-electron chi connectivity index (χ1n) is 8.58. The Bertz CT molecular complexity index is 851. The number of hydrogen-bond donors (Lipinski definition) is 1. The van der Waals surface area contributed by atoms with Gasteiger partial charge in [0, 0.05) is 18.1 Å². The Balaban J connectivity index is 2.05. The molecule has 28 heavy (non-hydrogen) atoms. The fourth-order valence-electron chi connectivity index (χ4n) is 2.45. The van der Waals surface area contributed by atoms with Gasteiger partial charge in [-0.05, 0) is 30.2 Å². The number of carbonyl (C=O) groups is 2. The molecule has 0 aromatic heterocycles. The minimum absolute atomic E-state index is 0.0662. The van der Waals surface area contributed by atoms with Gasteiger partial charge in [0.2, 0.25) is 0 Å². The summed E-state index contributed by atoms with van der Waals surface area (Å²) in [6, 6.07) is 11.1. The molecule has 0 aliphatic heterocycles. The van der Waals surface area contributed by atoms with E-state index in [2.05, 4.69) is 0 Å². The van der Waals surface area contributed by atoms with Crippen LogP contribution in [-0.2, 0) is 20.5 Å². The van der Waals surface area contributed by atoms with E-state index in [-0.39, 0.29) is 25.2 Å². The van der Waals surface area contributed by atoms with Gasteiger partial charge in [0.1, 0.15) is 5.76 Å². The van der Waals surface area contributed by atoms with Gasteiger partial charge in [-0.15, -0.1) is 0 Å². The maximum Gasteiger partial charge on any atom is 0.416 e. The summed E-state index contributed by atoms with van der Waals surface area (Å²) >= 11 is 0. The Morgan fingerprint density at radius 3 is 2.00 bits per heavy atom. The summed E-state index contributed by atoms with van der Waals surface area (Å²) in [6.45, 7) is 1.90. The highest BCUT2D eigenvalue weighted by molar-refractivity contribution is 5.96. The first-order valence-corrected chi connectivity index (χ1v) is 8.58. The van der Waals surface area contributed by atoms with Crippen molar-refractivity contribution in [3.8, 4) is 11.1 Å². The lowest BCUT2D eigenvalue weighted by Gasteiger charge is -2.08. The zero-order chi connectivity index (χ0) is 20.7. The van der Waals surface area contributed by atoms with Gasteiger partial charge in [-0.25, -0.2) is 0 Å². The summed E-state index contributed by atoms with van der Waals surface area (Å²) in [5.41, 5.74) is 0.905. The second kappa shape index (κ2) is 9.21. The van der Waals surface area contributed by atoms with Gasteiger partial charge in [-0.1, -0.05) is 36.4 Å². The Morgan fingerprint density at radius 1 is 0.964 bits per heavy atom. The van der Waals surface area contributed by atoms with Crippen LogP contribution in [0.5, 0.6) is 0 Å². The lowest BCUT2D eigenvalue weighted by atomic mass is 10.0.